The zero-order valence-electron chi connectivity index (χ0n) is 16.9. The number of piperidine rings is 1. The highest BCUT2D eigenvalue weighted by Crippen LogP contribution is 2.29. The number of hydrogen-bond acceptors (Lipinski definition) is 5. The number of carbonyl (C=O) groups excluding carboxylic acids is 1. The summed E-state index contributed by atoms with van der Waals surface area (Å²) in [7, 11) is -0.566. The van der Waals surface area contributed by atoms with Gasteiger partial charge in [0.2, 0.25) is 15.9 Å². The third-order valence-electron chi connectivity index (χ3n) is 5.18. The zero-order valence-corrected chi connectivity index (χ0v) is 18.5. The van der Waals surface area contributed by atoms with Gasteiger partial charge in [-0.25, -0.2) is 8.42 Å². The molecule has 1 fully saturated rings. The van der Waals surface area contributed by atoms with E-state index in [1.807, 2.05) is 6.07 Å². The van der Waals surface area contributed by atoms with Crippen molar-refractivity contribution in [2.45, 2.75) is 24.3 Å². The van der Waals surface area contributed by atoms with E-state index in [1.165, 1.54) is 16.4 Å². The van der Waals surface area contributed by atoms with Crippen LogP contribution in [0.15, 0.2) is 47.4 Å². The molecule has 1 N–H and O–H groups in total. The van der Waals surface area contributed by atoms with Crippen LogP contribution in [0.1, 0.15) is 18.4 Å². The van der Waals surface area contributed by atoms with Crippen molar-refractivity contribution in [3.63, 3.8) is 0 Å². The Kier molecular flexibility index (Phi) is 7.23. The van der Waals surface area contributed by atoms with Crippen molar-refractivity contribution in [3.05, 3.63) is 53.1 Å². The van der Waals surface area contributed by atoms with E-state index in [2.05, 4.69) is 5.32 Å². The molecule has 0 spiro atoms. The van der Waals surface area contributed by atoms with Crippen molar-refractivity contribution in [1.29, 1.82) is 0 Å². The van der Waals surface area contributed by atoms with Crippen LogP contribution in [-0.4, -0.2) is 45.9 Å². The molecule has 0 saturated carbocycles. The van der Waals surface area contributed by atoms with Gasteiger partial charge in [0.05, 0.1) is 37.1 Å². The molecule has 9 heteroatoms. The molecule has 1 saturated heterocycles. The standard InChI is InChI=1S/C21H25ClN2O5S/c1-28-19-6-3-7-20(29-2)18(19)13-23-21(25)15-5-4-12-24(14-15)30(26,27)17-10-8-16(22)9-11-17/h3,6-11,15H,4-5,12-14H2,1-2H3,(H,23,25)/t15-/m1/s1. The number of rotatable bonds is 7. The van der Waals surface area contributed by atoms with E-state index >= 15 is 0 Å². The molecule has 0 unspecified atom stereocenters. The van der Waals surface area contributed by atoms with E-state index in [0.29, 0.717) is 35.9 Å². The topological polar surface area (TPSA) is 84.9 Å². The molecule has 1 aliphatic heterocycles. The summed E-state index contributed by atoms with van der Waals surface area (Å²) in [5.74, 6) is 0.607. The Morgan fingerprint density at radius 1 is 1.13 bits per heavy atom. The molecule has 2 aromatic rings. The Labute approximate surface area is 182 Å². The van der Waals surface area contributed by atoms with Crippen LogP contribution < -0.4 is 14.8 Å². The number of amides is 1. The van der Waals surface area contributed by atoms with Crippen LogP contribution >= 0.6 is 11.6 Å². The number of halogens is 1. The fourth-order valence-corrected chi connectivity index (χ4v) is 5.20. The minimum absolute atomic E-state index is 0.139. The average molecular weight is 453 g/mol. The minimum Gasteiger partial charge on any atom is -0.496 e. The number of nitrogens with zero attached hydrogens (tertiary/aromatic N) is 1. The molecule has 1 amide bonds. The lowest BCUT2D eigenvalue weighted by atomic mass is 9.98. The second kappa shape index (κ2) is 9.68. The van der Waals surface area contributed by atoms with Gasteiger partial charge < -0.3 is 14.8 Å². The van der Waals surface area contributed by atoms with Crippen molar-refractivity contribution in [3.8, 4) is 11.5 Å². The van der Waals surface area contributed by atoms with E-state index < -0.39 is 15.9 Å². The van der Waals surface area contributed by atoms with Crippen LogP contribution in [0.2, 0.25) is 5.02 Å². The molecule has 0 radical (unpaired) electrons. The number of hydrogen-bond donors (Lipinski definition) is 1. The summed E-state index contributed by atoms with van der Waals surface area (Å²) in [5, 5.41) is 3.37. The maximum Gasteiger partial charge on any atom is 0.243 e. The number of sulfonamides is 1. The quantitative estimate of drug-likeness (QED) is 0.697. The molecule has 0 aliphatic carbocycles. The molecule has 162 valence electrons. The van der Waals surface area contributed by atoms with Gasteiger partial charge in [0.1, 0.15) is 11.5 Å². The third kappa shape index (κ3) is 4.88. The average Bonchev–Trinajstić information content (AvgIpc) is 2.77. The molecule has 30 heavy (non-hydrogen) atoms. The van der Waals surface area contributed by atoms with Gasteiger partial charge in [-0.3, -0.25) is 4.79 Å². The van der Waals surface area contributed by atoms with Crippen LogP contribution in [0.25, 0.3) is 0 Å². The molecule has 2 aromatic carbocycles. The fraction of sp³-hybridized carbons (Fsp3) is 0.381. The maximum atomic E-state index is 12.9. The van der Waals surface area contributed by atoms with E-state index in [-0.39, 0.29) is 23.9 Å². The number of benzene rings is 2. The minimum atomic E-state index is -3.68. The van der Waals surface area contributed by atoms with E-state index in [1.54, 1.807) is 38.5 Å². The number of carbonyl (C=O) groups is 1. The maximum absolute atomic E-state index is 12.9. The Bertz CT molecular complexity index is 973. The fourth-order valence-electron chi connectivity index (χ4n) is 3.55. The summed E-state index contributed by atoms with van der Waals surface area (Å²) in [6.45, 7) is 0.751. The Hall–Kier alpha value is -2.29. The number of ether oxygens (including phenoxy) is 2. The van der Waals surface area contributed by atoms with Gasteiger partial charge in [0.25, 0.3) is 0 Å². The van der Waals surface area contributed by atoms with Crippen LogP contribution in [0, 0.1) is 5.92 Å². The first-order valence-electron chi connectivity index (χ1n) is 9.60. The Morgan fingerprint density at radius 3 is 2.37 bits per heavy atom. The lowest BCUT2D eigenvalue weighted by Crippen LogP contribution is -2.45. The summed E-state index contributed by atoms with van der Waals surface area (Å²) in [6.07, 6.45) is 1.24. The number of nitrogens with one attached hydrogen (secondary N) is 1. The van der Waals surface area contributed by atoms with Gasteiger partial charge in [0.15, 0.2) is 0 Å². The first-order chi connectivity index (χ1) is 14.4. The third-order valence-corrected chi connectivity index (χ3v) is 7.31. The van der Waals surface area contributed by atoms with Gasteiger partial charge in [-0.05, 0) is 49.2 Å². The first-order valence-corrected chi connectivity index (χ1v) is 11.4. The normalized spacial score (nSPS) is 17.4. The predicted octanol–water partition coefficient (Wildman–Crippen LogP) is 3.07. The van der Waals surface area contributed by atoms with Crippen molar-refractivity contribution < 1.29 is 22.7 Å². The van der Waals surface area contributed by atoms with Crippen LogP contribution in [0.3, 0.4) is 0 Å². The van der Waals surface area contributed by atoms with Crippen LogP contribution in [0.4, 0.5) is 0 Å². The second-order valence-electron chi connectivity index (χ2n) is 7.02. The van der Waals surface area contributed by atoms with Crippen LogP contribution in [0.5, 0.6) is 11.5 Å². The lowest BCUT2D eigenvalue weighted by molar-refractivity contribution is -0.126. The molecule has 1 aliphatic rings. The largest absolute Gasteiger partial charge is 0.496 e. The predicted molar refractivity (Wildman–Crippen MR) is 114 cm³/mol. The van der Waals surface area contributed by atoms with Gasteiger partial charge in [-0.1, -0.05) is 17.7 Å². The summed E-state index contributed by atoms with van der Waals surface area (Å²) in [5.41, 5.74) is 0.734. The van der Waals surface area contributed by atoms with Crippen molar-refractivity contribution >= 4 is 27.5 Å². The van der Waals surface area contributed by atoms with Gasteiger partial charge in [-0.2, -0.15) is 4.31 Å². The summed E-state index contributed by atoms with van der Waals surface area (Å²) < 4.78 is 37.9. The lowest BCUT2D eigenvalue weighted by Gasteiger charge is -2.31. The van der Waals surface area contributed by atoms with Gasteiger partial charge >= 0.3 is 0 Å². The first kappa shape index (κ1) is 22.4. The van der Waals surface area contributed by atoms with Crippen molar-refractivity contribution in [2.24, 2.45) is 5.92 Å². The molecule has 0 bridgehead atoms. The monoisotopic (exact) mass is 452 g/mol. The molecule has 1 atom stereocenters. The highest BCUT2D eigenvalue weighted by atomic mass is 35.5. The van der Waals surface area contributed by atoms with Crippen molar-refractivity contribution in [2.75, 3.05) is 27.3 Å². The second-order valence-corrected chi connectivity index (χ2v) is 9.39. The summed E-state index contributed by atoms with van der Waals surface area (Å²) >= 11 is 5.86. The van der Waals surface area contributed by atoms with Gasteiger partial charge in [0, 0.05) is 18.1 Å². The molecule has 3 rings (SSSR count). The highest BCUT2D eigenvalue weighted by molar-refractivity contribution is 7.89. The molecule has 0 aromatic heterocycles. The van der Waals surface area contributed by atoms with Gasteiger partial charge in [-0.15, -0.1) is 0 Å². The zero-order chi connectivity index (χ0) is 21.7. The van der Waals surface area contributed by atoms with E-state index in [0.717, 1.165) is 5.56 Å². The molecular weight excluding hydrogens is 428 g/mol. The summed E-state index contributed by atoms with van der Waals surface area (Å²) in [4.78, 5) is 13.0. The molecular formula is C21H25ClN2O5S. The van der Waals surface area contributed by atoms with E-state index in [9.17, 15) is 13.2 Å². The Morgan fingerprint density at radius 2 is 1.77 bits per heavy atom. The molecule has 1 heterocycles. The number of methoxy groups -OCH3 is 2. The van der Waals surface area contributed by atoms with Crippen LogP contribution in [-0.2, 0) is 21.4 Å². The smallest absolute Gasteiger partial charge is 0.243 e. The highest BCUT2D eigenvalue weighted by Gasteiger charge is 2.33. The SMILES string of the molecule is COc1cccc(OC)c1CNC(=O)[C@@H]1CCCN(S(=O)(=O)c2ccc(Cl)cc2)C1. The molecule has 7 nitrogen and oxygen atoms in total. The van der Waals surface area contributed by atoms with E-state index in [4.69, 9.17) is 21.1 Å². The Balaban J connectivity index is 1.69. The summed E-state index contributed by atoms with van der Waals surface area (Å²) in [6, 6.07) is 11.5. The van der Waals surface area contributed by atoms with Crippen molar-refractivity contribution in [1.82, 2.24) is 9.62 Å².